The molecule has 0 bridgehead atoms. The number of anilines is 1. The van der Waals surface area contributed by atoms with Gasteiger partial charge in [-0.2, -0.15) is 4.31 Å². The van der Waals surface area contributed by atoms with Crippen LogP contribution in [0.4, 0.5) is 5.69 Å². The van der Waals surface area contributed by atoms with Gasteiger partial charge in [0.1, 0.15) is 5.75 Å². The fourth-order valence-corrected chi connectivity index (χ4v) is 5.38. The second-order valence-corrected chi connectivity index (χ2v) is 12.1. The number of benzene rings is 3. The molecule has 3 rings (SSSR count). The van der Waals surface area contributed by atoms with E-state index in [1.165, 1.54) is 12.1 Å². The molecule has 1 amide bonds. The van der Waals surface area contributed by atoms with Gasteiger partial charge < -0.3 is 4.74 Å². The molecular formula is C30H37NO4S. The second kappa shape index (κ2) is 11.3. The van der Waals surface area contributed by atoms with Gasteiger partial charge in [-0.05, 0) is 73.6 Å². The van der Waals surface area contributed by atoms with Crippen LogP contribution in [-0.2, 0) is 26.7 Å². The normalized spacial score (nSPS) is 11.8. The maximum Gasteiger partial charge on any atom is 0.278 e. The number of hydrogen-bond acceptors (Lipinski definition) is 4. The first-order valence-corrected chi connectivity index (χ1v) is 13.8. The molecule has 0 fully saturated rings. The van der Waals surface area contributed by atoms with Crippen LogP contribution >= 0.6 is 0 Å². The summed E-state index contributed by atoms with van der Waals surface area (Å²) in [6.07, 6.45) is 3.02. The summed E-state index contributed by atoms with van der Waals surface area (Å²) in [5.41, 5.74) is 4.18. The number of ether oxygens (including phenoxy) is 1. The first-order chi connectivity index (χ1) is 16.9. The van der Waals surface area contributed by atoms with E-state index < -0.39 is 22.5 Å². The minimum Gasteiger partial charge on any atom is -0.483 e. The van der Waals surface area contributed by atoms with E-state index in [4.69, 9.17) is 4.74 Å². The Labute approximate surface area is 216 Å². The van der Waals surface area contributed by atoms with E-state index in [-0.39, 0.29) is 10.3 Å². The zero-order valence-electron chi connectivity index (χ0n) is 22.2. The highest BCUT2D eigenvalue weighted by atomic mass is 32.2. The minimum absolute atomic E-state index is 0.0576. The van der Waals surface area contributed by atoms with E-state index in [0.717, 1.165) is 45.8 Å². The summed E-state index contributed by atoms with van der Waals surface area (Å²) in [6, 6.07) is 19.5. The van der Waals surface area contributed by atoms with E-state index in [1.54, 1.807) is 24.3 Å². The van der Waals surface area contributed by atoms with Crippen LogP contribution in [0, 0.1) is 13.8 Å². The number of nitrogens with zero attached hydrogens (tertiary/aromatic N) is 1. The Morgan fingerprint density at radius 3 is 2.08 bits per heavy atom. The minimum atomic E-state index is -4.15. The van der Waals surface area contributed by atoms with E-state index in [1.807, 2.05) is 44.2 Å². The SMILES string of the molecule is CCCCc1ccc(N(C(=O)COc2ccc(C)cc2C(C)(C)C)S(=O)(=O)c2ccc(C)cc2)cc1. The smallest absolute Gasteiger partial charge is 0.278 e. The molecule has 0 aromatic heterocycles. The van der Waals surface area contributed by atoms with Gasteiger partial charge in [-0.25, -0.2) is 8.42 Å². The summed E-state index contributed by atoms with van der Waals surface area (Å²) >= 11 is 0. The van der Waals surface area contributed by atoms with Crippen molar-refractivity contribution in [3.63, 3.8) is 0 Å². The van der Waals surface area contributed by atoms with Crippen LogP contribution in [0.15, 0.2) is 71.6 Å². The molecule has 0 saturated carbocycles. The highest BCUT2D eigenvalue weighted by molar-refractivity contribution is 7.93. The summed E-state index contributed by atoms with van der Waals surface area (Å²) in [7, 11) is -4.15. The van der Waals surface area contributed by atoms with E-state index in [0.29, 0.717) is 11.4 Å². The first kappa shape index (κ1) is 27.5. The van der Waals surface area contributed by atoms with Crippen molar-refractivity contribution in [2.75, 3.05) is 10.9 Å². The van der Waals surface area contributed by atoms with Crippen LogP contribution in [0.25, 0.3) is 0 Å². The van der Waals surface area contributed by atoms with E-state index in [9.17, 15) is 13.2 Å². The van der Waals surface area contributed by atoms with Crippen molar-refractivity contribution in [3.05, 3.63) is 89.0 Å². The van der Waals surface area contributed by atoms with Gasteiger partial charge in [-0.15, -0.1) is 0 Å². The van der Waals surface area contributed by atoms with Gasteiger partial charge in [0.15, 0.2) is 6.61 Å². The number of unbranched alkanes of at least 4 members (excludes halogenated alkanes) is 1. The van der Waals surface area contributed by atoms with E-state index in [2.05, 4.69) is 27.7 Å². The molecule has 0 spiro atoms. The summed E-state index contributed by atoms with van der Waals surface area (Å²) in [5.74, 6) is -0.0821. The lowest BCUT2D eigenvalue weighted by Gasteiger charge is -2.25. The topological polar surface area (TPSA) is 63.7 Å². The Morgan fingerprint density at radius 1 is 0.889 bits per heavy atom. The molecule has 0 N–H and O–H groups in total. The van der Waals surface area contributed by atoms with E-state index >= 15 is 0 Å². The summed E-state index contributed by atoms with van der Waals surface area (Å²) in [4.78, 5) is 13.6. The number of carbonyl (C=O) groups is 1. The molecule has 192 valence electrons. The van der Waals surface area contributed by atoms with Crippen molar-refractivity contribution in [1.82, 2.24) is 0 Å². The van der Waals surface area contributed by atoms with Crippen molar-refractivity contribution in [2.24, 2.45) is 0 Å². The van der Waals surface area contributed by atoms with Crippen molar-refractivity contribution < 1.29 is 17.9 Å². The summed E-state index contributed by atoms with van der Waals surface area (Å²) in [6.45, 7) is 11.8. The lowest BCUT2D eigenvalue weighted by atomic mass is 9.85. The molecule has 0 aliphatic rings. The highest BCUT2D eigenvalue weighted by Crippen LogP contribution is 2.32. The highest BCUT2D eigenvalue weighted by Gasteiger charge is 2.32. The summed E-state index contributed by atoms with van der Waals surface area (Å²) < 4.78 is 34.2. The number of rotatable bonds is 9. The lowest BCUT2D eigenvalue weighted by molar-refractivity contribution is -0.119. The largest absolute Gasteiger partial charge is 0.483 e. The zero-order valence-corrected chi connectivity index (χ0v) is 23.0. The maximum atomic E-state index is 13.7. The number of carbonyl (C=O) groups excluding carboxylic acids is 1. The first-order valence-electron chi connectivity index (χ1n) is 12.4. The third-order valence-electron chi connectivity index (χ3n) is 6.07. The van der Waals surface area contributed by atoms with Crippen LogP contribution in [-0.4, -0.2) is 20.9 Å². The Kier molecular flexibility index (Phi) is 8.62. The molecule has 0 aliphatic heterocycles. The van der Waals surface area contributed by atoms with Gasteiger partial charge in [-0.3, -0.25) is 4.79 Å². The van der Waals surface area contributed by atoms with Crippen LogP contribution in [0.2, 0.25) is 0 Å². The Hall–Kier alpha value is -3.12. The number of amides is 1. The average molecular weight is 508 g/mol. The van der Waals surface area contributed by atoms with Crippen LogP contribution in [0.1, 0.15) is 62.8 Å². The molecule has 0 radical (unpaired) electrons. The molecule has 5 nitrogen and oxygen atoms in total. The molecule has 6 heteroatoms. The Morgan fingerprint density at radius 2 is 1.50 bits per heavy atom. The molecule has 3 aromatic carbocycles. The monoisotopic (exact) mass is 507 g/mol. The molecular weight excluding hydrogens is 470 g/mol. The maximum absolute atomic E-state index is 13.7. The lowest BCUT2D eigenvalue weighted by Crippen LogP contribution is -2.40. The van der Waals surface area contributed by atoms with Gasteiger partial charge in [0.2, 0.25) is 0 Å². The predicted octanol–water partition coefficient (Wildman–Crippen LogP) is 6.74. The van der Waals surface area contributed by atoms with Gasteiger partial charge in [0.25, 0.3) is 15.9 Å². The van der Waals surface area contributed by atoms with Gasteiger partial charge in [0, 0.05) is 0 Å². The number of sulfonamides is 1. The van der Waals surface area contributed by atoms with Gasteiger partial charge >= 0.3 is 0 Å². The van der Waals surface area contributed by atoms with Crippen LogP contribution in [0.5, 0.6) is 5.75 Å². The molecule has 3 aromatic rings. The Bertz CT molecular complexity index is 1290. The van der Waals surface area contributed by atoms with Crippen molar-refractivity contribution >= 4 is 21.6 Å². The molecule has 0 heterocycles. The van der Waals surface area contributed by atoms with Crippen LogP contribution in [0.3, 0.4) is 0 Å². The molecule has 0 saturated heterocycles. The van der Waals surface area contributed by atoms with Crippen LogP contribution < -0.4 is 9.04 Å². The summed E-state index contributed by atoms with van der Waals surface area (Å²) in [5, 5.41) is 0. The standard InChI is InChI=1S/C30H37NO4S/c1-7-8-9-24-13-15-25(16-14-24)31(36(33,34)26-17-10-22(2)11-18-26)29(32)21-35-28-19-12-23(3)20-27(28)30(4,5)6/h10-20H,7-9,21H2,1-6H3. The third kappa shape index (κ3) is 6.55. The molecule has 0 atom stereocenters. The zero-order chi connectivity index (χ0) is 26.5. The Balaban J connectivity index is 1.97. The van der Waals surface area contributed by atoms with Gasteiger partial charge in [0.05, 0.1) is 10.6 Å². The molecule has 0 unspecified atom stereocenters. The fourth-order valence-electron chi connectivity index (χ4n) is 3.97. The molecule has 36 heavy (non-hydrogen) atoms. The second-order valence-electron chi connectivity index (χ2n) is 10.3. The third-order valence-corrected chi connectivity index (χ3v) is 7.83. The van der Waals surface area contributed by atoms with Gasteiger partial charge in [-0.1, -0.05) is 81.6 Å². The quantitative estimate of drug-likeness (QED) is 0.322. The average Bonchev–Trinajstić information content (AvgIpc) is 2.82. The fraction of sp³-hybridized carbons (Fsp3) is 0.367. The van der Waals surface area contributed by atoms with Crippen molar-refractivity contribution in [3.8, 4) is 5.75 Å². The van der Waals surface area contributed by atoms with Crippen molar-refractivity contribution in [2.45, 2.75) is 71.1 Å². The molecule has 0 aliphatic carbocycles. The predicted molar refractivity (Wildman–Crippen MR) is 146 cm³/mol. The number of hydrogen-bond donors (Lipinski definition) is 0. The number of aryl methyl sites for hydroxylation is 3. The van der Waals surface area contributed by atoms with Crippen molar-refractivity contribution in [1.29, 1.82) is 0 Å².